The van der Waals surface area contributed by atoms with Gasteiger partial charge in [0.05, 0.1) is 11.3 Å². The molecule has 1 aliphatic heterocycles. The quantitative estimate of drug-likeness (QED) is 0.692. The average molecular weight is 419 g/mol. The van der Waals surface area contributed by atoms with E-state index in [1.807, 2.05) is 36.9 Å². The van der Waals surface area contributed by atoms with Gasteiger partial charge in [-0.25, -0.2) is 15.0 Å². The summed E-state index contributed by atoms with van der Waals surface area (Å²) in [4.78, 5) is 32.5. The normalized spacial score (nSPS) is 14.6. The van der Waals surface area contributed by atoms with E-state index in [-0.39, 0.29) is 5.91 Å². The lowest BCUT2D eigenvalue weighted by Crippen LogP contribution is -2.35. The Hall–Kier alpha value is -3.39. The molecule has 31 heavy (non-hydrogen) atoms. The molecule has 1 N–H and O–H groups in total. The van der Waals surface area contributed by atoms with Gasteiger partial charge < -0.3 is 15.0 Å². The minimum atomic E-state index is 0.0256. The lowest BCUT2D eigenvalue weighted by atomic mass is 10.0. The van der Waals surface area contributed by atoms with Gasteiger partial charge in [0.2, 0.25) is 0 Å². The largest absolute Gasteiger partial charge is 0.381 e. The summed E-state index contributed by atoms with van der Waals surface area (Å²) in [6.45, 7) is 6.50. The summed E-state index contributed by atoms with van der Waals surface area (Å²) in [5.41, 5.74) is 3.16. The summed E-state index contributed by atoms with van der Waals surface area (Å²) in [7, 11) is 0. The van der Waals surface area contributed by atoms with E-state index in [0.29, 0.717) is 49.3 Å². The van der Waals surface area contributed by atoms with Crippen molar-refractivity contribution in [1.82, 2.24) is 24.8 Å². The SMILES string of the molecule is Cc1nccc(Nc2cc(-c3cnc(C)c(C(=O)N4CCCOCCC4)c3)ccn2)n1. The number of nitrogens with one attached hydrogen (secondary N) is 1. The summed E-state index contributed by atoms with van der Waals surface area (Å²) in [5.74, 6) is 2.05. The highest BCUT2D eigenvalue weighted by molar-refractivity contribution is 5.96. The number of aromatic nitrogens is 4. The van der Waals surface area contributed by atoms with Crippen LogP contribution in [0, 0.1) is 13.8 Å². The molecule has 1 saturated heterocycles. The molecule has 0 aliphatic carbocycles. The highest BCUT2D eigenvalue weighted by Crippen LogP contribution is 2.25. The van der Waals surface area contributed by atoms with Crippen LogP contribution in [0.3, 0.4) is 0 Å². The maximum atomic E-state index is 13.2. The topological polar surface area (TPSA) is 93.1 Å². The van der Waals surface area contributed by atoms with Crippen molar-refractivity contribution in [2.24, 2.45) is 0 Å². The van der Waals surface area contributed by atoms with Gasteiger partial charge in [0.15, 0.2) is 0 Å². The van der Waals surface area contributed by atoms with Crippen LogP contribution in [-0.4, -0.2) is 57.0 Å². The van der Waals surface area contributed by atoms with Crippen molar-refractivity contribution in [3.05, 3.63) is 59.9 Å². The lowest BCUT2D eigenvalue weighted by Gasteiger charge is -2.25. The van der Waals surface area contributed by atoms with E-state index in [2.05, 4.69) is 25.3 Å². The van der Waals surface area contributed by atoms with Gasteiger partial charge in [-0.15, -0.1) is 0 Å². The second kappa shape index (κ2) is 9.61. The van der Waals surface area contributed by atoms with E-state index < -0.39 is 0 Å². The predicted molar refractivity (Wildman–Crippen MR) is 118 cm³/mol. The molecule has 0 atom stereocenters. The summed E-state index contributed by atoms with van der Waals surface area (Å²) in [5, 5.41) is 3.20. The number of ether oxygens (including phenoxy) is 1. The van der Waals surface area contributed by atoms with Gasteiger partial charge in [-0.1, -0.05) is 0 Å². The molecule has 1 amide bonds. The molecule has 4 heterocycles. The molecular weight excluding hydrogens is 392 g/mol. The van der Waals surface area contributed by atoms with Crippen LogP contribution < -0.4 is 5.32 Å². The first-order valence-corrected chi connectivity index (χ1v) is 10.5. The smallest absolute Gasteiger partial charge is 0.255 e. The van der Waals surface area contributed by atoms with Gasteiger partial charge in [0, 0.05) is 50.5 Å². The highest BCUT2D eigenvalue weighted by atomic mass is 16.5. The summed E-state index contributed by atoms with van der Waals surface area (Å²) < 4.78 is 5.50. The third kappa shape index (κ3) is 5.21. The van der Waals surface area contributed by atoms with E-state index in [1.165, 1.54) is 0 Å². The molecule has 4 rings (SSSR count). The van der Waals surface area contributed by atoms with Gasteiger partial charge in [-0.2, -0.15) is 0 Å². The zero-order valence-electron chi connectivity index (χ0n) is 17.8. The molecule has 1 aliphatic rings. The van der Waals surface area contributed by atoms with Gasteiger partial charge in [-0.05, 0) is 56.5 Å². The second-order valence-corrected chi connectivity index (χ2v) is 7.51. The molecule has 8 heteroatoms. The van der Waals surface area contributed by atoms with Gasteiger partial charge >= 0.3 is 0 Å². The highest BCUT2D eigenvalue weighted by Gasteiger charge is 2.20. The number of carbonyl (C=O) groups is 1. The Labute approximate surface area is 181 Å². The molecule has 0 unspecified atom stereocenters. The fourth-order valence-corrected chi connectivity index (χ4v) is 3.55. The van der Waals surface area contributed by atoms with Crippen LogP contribution in [0.1, 0.15) is 34.7 Å². The van der Waals surface area contributed by atoms with Crippen LogP contribution in [0.15, 0.2) is 42.9 Å². The van der Waals surface area contributed by atoms with Gasteiger partial charge in [0.25, 0.3) is 5.91 Å². The van der Waals surface area contributed by atoms with Crippen molar-refractivity contribution in [2.75, 3.05) is 31.6 Å². The number of rotatable bonds is 4. The Morgan fingerprint density at radius 1 is 0.968 bits per heavy atom. The number of hydrogen-bond donors (Lipinski definition) is 1. The fraction of sp³-hybridized carbons (Fsp3) is 0.348. The maximum Gasteiger partial charge on any atom is 0.255 e. The zero-order chi connectivity index (χ0) is 21.6. The lowest BCUT2D eigenvalue weighted by molar-refractivity contribution is 0.0604. The number of hydrogen-bond acceptors (Lipinski definition) is 7. The standard InChI is InChI=1S/C23H26N6O2/c1-16-20(23(30)29-9-3-11-31-12-4-10-29)13-19(15-26-16)18-5-7-25-22(14-18)28-21-6-8-24-17(2)27-21/h5-8,13-15H,3-4,9-12H2,1-2H3,(H,24,25,27,28). The number of aryl methyl sites for hydroxylation is 2. The van der Waals surface area contributed by atoms with E-state index in [0.717, 1.165) is 29.7 Å². The van der Waals surface area contributed by atoms with Crippen molar-refractivity contribution in [2.45, 2.75) is 26.7 Å². The van der Waals surface area contributed by atoms with Crippen molar-refractivity contribution < 1.29 is 9.53 Å². The first kappa shape index (κ1) is 20.9. The number of nitrogens with zero attached hydrogens (tertiary/aromatic N) is 5. The molecule has 3 aromatic rings. The summed E-state index contributed by atoms with van der Waals surface area (Å²) >= 11 is 0. The van der Waals surface area contributed by atoms with Crippen LogP contribution in [0.4, 0.5) is 11.6 Å². The molecule has 8 nitrogen and oxygen atoms in total. The first-order valence-electron chi connectivity index (χ1n) is 10.5. The molecule has 3 aromatic heterocycles. The number of carbonyl (C=O) groups excluding carboxylic acids is 1. The Kier molecular flexibility index (Phi) is 6.47. The maximum absolute atomic E-state index is 13.2. The average Bonchev–Trinajstić information content (AvgIpc) is 2.74. The Balaban J connectivity index is 1.58. The van der Waals surface area contributed by atoms with Crippen molar-refractivity contribution in [3.8, 4) is 11.1 Å². The third-order valence-corrected chi connectivity index (χ3v) is 5.16. The van der Waals surface area contributed by atoms with E-state index in [9.17, 15) is 4.79 Å². The first-order chi connectivity index (χ1) is 15.1. The van der Waals surface area contributed by atoms with Gasteiger partial charge in [0.1, 0.15) is 17.5 Å². The van der Waals surface area contributed by atoms with Crippen LogP contribution in [0.5, 0.6) is 0 Å². The molecular formula is C23H26N6O2. The molecule has 1 fully saturated rings. The fourth-order valence-electron chi connectivity index (χ4n) is 3.55. The summed E-state index contributed by atoms with van der Waals surface area (Å²) in [6.07, 6.45) is 6.92. The van der Waals surface area contributed by atoms with E-state index in [4.69, 9.17) is 4.74 Å². The Morgan fingerprint density at radius 3 is 2.52 bits per heavy atom. The van der Waals surface area contributed by atoms with Crippen LogP contribution in [0.25, 0.3) is 11.1 Å². The number of anilines is 2. The molecule has 0 saturated carbocycles. The Bertz CT molecular complexity index is 1060. The molecule has 0 bridgehead atoms. The van der Waals surface area contributed by atoms with Crippen molar-refractivity contribution >= 4 is 17.5 Å². The number of amides is 1. The van der Waals surface area contributed by atoms with E-state index >= 15 is 0 Å². The van der Waals surface area contributed by atoms with Crippen LogP contribution >= 0.6 is 0 Å². The minimum Gasteiger partial charge on any atom is -0.381 e. The second-order valence-electron chi connectivity index (χ2n) is 7.51. The predicted octanol–water partition coefficient (Wildman–Crippen LogP) is 3.55. The van der Waals surface area contributed by atoms with E-state index in [1.54, 1.807) is 24.7 Å². The minimum absolute atomic E-state index is 0.0256. The molecule has 0 spiro atoms. The van der Waals surface area contributed by atoms with Crippen LogP contribution in [0.2, 0.25) is 0 Å². The zero-order valence-corrected chi connectivity index (χ0v) is 17.8. The molecule has 0 aromatic carbocycles. The Morgan fingerprint density at radius 2 is 1.74 bits per heavy atom. The summed E-state index contributed by atoms with van der Waals surface area (Å²) in [6, 6.07) is 7.55. The molecule has 160 valence electrons. The molecule has 0 radical (unpaired) electrons. The van der Waals surface area contributed by atoms with Crippen molar-refractivity contribution in [3.63, 3.8) is 0 Å². The van der Waals surface area contributed by atoms with Crippen molar-refractivity contribution in [1.29, 1.82) is 0 Å². The van der Waals surface area contributed by atoms with Gasteiger partial charge in [-0.3, -0.25) is 9.78 Å². The van der Waals surface area contributed by atoms with Crippen LogP contribution in [-0.2, 0) is 4.74 Å². The third-order valence-electron chi connectivity index (χ3n) is 5.16. The monoisotopic (exact) mass is 418 g/mol. The number of pyridine rings is 2.